The standard InChI is InChI=1S/C18H20ClFN2OS/c1-2-22(11-13-7-8-16(19)24-13)17(23)21-12-18(9-10-18)14-5-3-4-6-15(14)20/h3-8H,2,9-12H2,1H3,(H,21,23). The van der Waals surface area contributed by atoms with Gasteiger partial charge in [-0.2, -0.15) is 0 Å². The molecule has 6 heteroatoms. The first-order valence-electron chi connectivity index (χ1n) is 8.06. The average molecular weight is 367 g/mol. The third kappa shape index (κ3) is 3.73. The predicted octanol–water partition coefficient (Wildman–Crippen LogP) is 4.80. The van der Waals surface area contributed by atoms with Gasteiger partial charge in [-0.05, 0) is 43.5 Å². The van der Waals surface area contributed by atoms with E-state index < -0.39 is 0 Å². The fourth-order valence-corrected chi connectivity index (χ4v) is 4.00. The second-order valence-corrected chi connectivity index (χ2v) is 7.94. The van der Waals surface area contributed by atoms with E-state index in [2.05, 4.69) is 5.32 Å². The van der Waals surface area contributed by atoms with Crippen molar-refractivity contribution in [2.24, 2.45) is 0 Å². The molecular weight excluding hydrogens is 347 g/mol. The van der Waals surface area contributed by atoms with Crippen molar-refractivity contribution >= 4 is 29.0 Å². The smallest absolute Gasteiger partial charge is 0.317 e. The lowest BCUT2D eigenvalue weighted by atomic mass is 9.95. The minimum atomic E-state index is -0.243. The van der Waals surface area contributed by atoms with Gasteiger partial charge in [0.2, 0.25) is 0 Å². The summed E-state index contributed by atoms with van der Waals surface area (Å²) in [6.45, 7) is 3.55. The van der Waals surface area contributed by atoms with Crippen LogP contribution in [0.4, 0.5) is 9.18 Å². The van der Waals surface area contributed by atoms with Gasteiger partial charge in [0.15, 0.2) is 0 Å². The van der Waals surface area contributed by atoms with E-state index in [1.54, 1.807) is 11.0 Å². The molecule has 1 aromatic heterocycles. The van der Waals surface area contributed by atoms with Crippen molar-refractivity contribution < 1.29 is 9.18 Å². The summed E-state index contributed by atoms with van der Waals surface area (Å²) in [5.41, 5.74) is 0.463. The fraction of sp³-hybridized carbons (Fsp3) is 0.389. The molecule has 0 atom stereocenters. The second kappa shape index (κ2) is 7.11. The van der Waals surface area contributed by atoms with Crippen LogP contribution in [0, 0.1) is 5.82 Å². The number of nitrogens with zero attached hydrogens (tertiary/aromatic N) is 1. The molecule has 0 radical (unpaired) electrons. The zero-order valence-electron chi connectivity index (χ0n) is 13.5. The third-order valence-electron chi connectivity index (χ3n) is 4.52. The van der Waals surface area contributed by atoms with Crippen LogP contribution in [0.2, 0.25) is 4.34 Å². The van der Waals surface area contributed by atoms with Crippen molar-refractivity contribution in [2.45, 2.75) is 31.7 Å². The highest BCUT2D eigenvalue weighted by atomic mass is 35.5. The molecule has 128 valence electrons. The van der Waals surface area contributed by atoms with E-state index in [1.807, 2.05) is 31.2 Å². The van der Waals surface area contributed by atoms with E-state index in [1.165, 1.54) is 17.4 Å². The molecule has 0 saturated heterocycles. The number of benzene rings is 1. The molecule has 1 heterocycles. The molecule has 1 fully saturated rings. The van der Waals surface area contributed by atoms with Gasteiger partial charge in [0, 0.05) is 23.4 Å². The Kier molecular flexibility index (Phi) is 5.11. The monoisotopic (exact) mass is 366 g/mol. The van der Waals surface area contributed by atoms with Crippen LogP contribution < -0.4 is 5.32 Å². The number of rotatable bonds is 6. The largest absolute Gasteiger partial charge is 0.337 e. The Hall–Kier alpha value is -1.59. The quantitative estimate of drug-likeness (QED) is 0.782. The number of carbonyl (C=O) groups is 1. The molecule has 0 aliphatic heterocycles. The Labute approximate surface area is 150 Å². The highest BCUT2D eigenvalue weighted by Crippen LogP contribution is 2.48. The van der Waals surface area contributed by atoms with Gasteiger partial charge in [0.1, 0.15) is 5.82 Å². The lowest BCUT2D eigenvalue weighted by Crippen LogP contribution is -2.42. The van der Waals surface area contributed by atoms with E-state index in [9.17, 15) is 9.18 Å². The minimum absolute atomic E-state index is 0.121. The summed E-state index contributed by atoms with van der Waals surface area (Å²) >= 11 is 7.42. The Bertz CT molecular complexity index is 729. The topological polar surface area (TPSA) is 32.3 Å². The number of thiophene rings is 1. The summed E-state index contributed by atoms with van der Waals surface area (Å²) in [6, 6.07) is 10.5. The minimum Gasteiger partial charge on any atom is -0.337 e. The van der Waals surface area contributed by atoms with Crippen molar-refractivity contribution in [3.8, 4) is 0 Å². The lowest BCUT2D eigenvalue weighted by Gasteiger charge is -2.23. The van der Waals surface area contributed by atoms with Crippen molar-refractivity contribution in [2.75, 3.05) is 13.1 Å². The van der Waals surface area contributed by atoms with Crippen LogP contribution in [-0.4, -0.2) is 24.0 Å². The molecule has 3 rings (SSSR count). The Morgan fingerprint density at radius 1 is 1.33 bits per heavy atom. The summed E-state index contributed by atoms with van der Waals surface area (Å²) in [5.74, 6) is -0.190. The Morgan fingerprint density at radius 2 is 2.08 bits per heavy atom. The number of halogens is 2. The molecule has 2 amide bonds. The van der Waals surface area contributed by atoms with E-state index >= 15 is 0 Å². The van der Waals surface area contributed by atoms with E-state index in [-0.39, 0.29) is 17.3 Å². The van der Waals surface area contributed by atoms with Crippen LogP contribution in [-0.2, 0) is 12.0 Å². The number of amides is 2. The molecule has 1 aromatic carbocycles. The van der Waals surface area contributed by atoms with Gasteiger partial charge in [-0.3, -0.25) is 0 Å². The molecule has 3 nitrogen and oxygen atoms in total. The van der Waals surface area contributed by atoms with Crippen molar-refractivity contribution in [1.82, 2.24) is 10.2 Å². The molecule has 0 unspecified atom stereocenters. The van der Waals surface area contributed by atoms with Crippen LogP contribution in [0.3, 0.4) is 0 Å². The van der Waals surface area contributed by atoms with Crippen molar-refractivity contribution in [3.05, 3.63) is 57.0 Å². The molecular formula is C18H20ClFN2OS. The molecule has 0 bridgehead atoms. The summed E-state index contributed by atoms with van der Waals surface area (Å²) in [6.07, 6.45) is 1.81. The lowest BCUT2D eigenvalue weighted by molar-refractivity contribution is 0.197. The van der Waals surface area contributed by atoms with Gasteiger partial charge >= 0.3 is 6.03 Å². The molecule has 1 aliphatic rings. The predicted molar refractivity (Wildman–Crippen MR) is 96.1 cm³/mol. The van der Waals surface area contributed by atoms with E-state index in [0.717, 1.165) is 22.1 Å². The van der Waals surface area contributed by atoms with Crippen LogP contribution in [0.15, 0.2) is 36.4 Å². The van der Waals surface area contributed by atoms with Gasteiger partial charge < -0.3 is 10.2 Å². The molecule has 24 heavy (non-hydrogen) atoms. The number of carbonyl (C=O) groups excluding carboxylic acids is 1. The normalized spacial score (nSPS) is 15.1. The zero-order valence-corrected chi connectivity index (χ0v) is 15.1. The maximum atomic E-state index is 14.0. The summed E-state index contributed by atoms with van der Waals surface area (Å²) in [5, 5.41) is 2.98. The third-order valence-corrected chi connectivity index (χ3v) is 5.74. The van der Waals surface area contributed by atoms with Crippen LogP contribution in [0.25, 0.3) is 0 Å². The highest BCUT2D eigenvalue weighted by molar-refractivity contribution is 7.16. The van der Waals surface area contributed by atoms with Gasteiger partial charge in [0.25, 0.3) is 0 Å². The fourth-order valence-electron chi connectivity index (χ4n) is 2.89. The molecule has 0 spiro atoms. The Morgan fingerprint density at radius 3 is 2.67 bits per heavy atom. The number of urea groups is 1. The molecule has 1 saturated carbocycles. The summed E-state index contributed by atoms with van der Waals surface area (Å²) in [7, 11) is 0. The first kappa shape index (κ1) is 17.2. The van der Waals surface area contributed by atoms with E-state index in [0.29, 0.717) is 25.2 Å². The van der Waals surface area contributed by atoms with Crippen molar-refractivity contribution in [1.29, 1.82) is 0 Å². The van der Waals surface area contributed by atoms with Crippen LogP contribution in [0.1, 0.15) is 30.2 Å². The first-order valence-corrected chi connectivity index (χ1v) is 9.25. The first-order chi connectivity index (χ1) is 11.5. The van der Waals surface area contributed by atoms with Gasteiger partial charge in [-0.15, -0.1) is 11.3 Å². The molecule has 2 aromatic rings. The van der Waals surface area contributed by atoms with E-state index in [4.69, 9.17) is 11.6 Å². The van der Waals surface area contributed by atoms with Gasteiger partial charge in [0.05, 0.1) is 10.9 Å². The maximum Gasteiger partial charge on any atom is 0.317 e. The SMILES string of the molecule is CCN(Cc1ccc(Cl)s1)C(=O)NCC1(c2ccccc2F)CC1. The number of nitrogens with one attached hydrogen (secondary N) is 1. The summed E-state index contributed by atoms with van der Waals surface area (Å²) < 4.78 is 14.8. The molecule has 1 N–H and O–H groups in total. The number of hydrogen-bond acceptors (Lipinski definition) is 2. The van der Waals surface area contributed by atoms with Gasteiger partial charge in [-0.25, -0.2) is 9.18 Å². The van der Waals surface area contributed by atoms with Gasteiger partial charge in [-0.1, -0.05) is 29.8 Å². The highest BCUT2D eigenvalue weighted by Gasteiger charge is 2.46. The second-order valence-electron chi connectivity index (χ2n) is 6.14. The summed E-state index contributed by atoms with van der Waals surface area (Å²) in [4.78, 5) is 15.3. The van der Waals surface area contributed by atoms with Crippen LogP contribution in [0.5, 0.6) is 0 Å². The number of hydrogen-bond donors (Lipinski definition) is 1. The maximum absolute atomic E-state index is 14.0. The zero-order chi connectivity index (χ0) is 17.2. The Balaban J connectivity index is 1.61. The average Bonchev–Trinajstić information content (AvgIpc) is 3.25. The molecule has 1 aliphatic carbocycles. The van der Waals surface area contributed by atoms with Crippen molar-refractivity contribution in [3.63, 3.8) is 0 Å². The van der Waals surface area contributed by atoms with Crippen LogP contribution >= 0.6 is 22.9 Å².